The molecule has 7 nitrogen and oxygen atoms in total. The zero-order chi connectivity index (χ0) is 13.4. The van der Waals surface area contributed by atoms with Crippen LogP contribution in [0.3, 0.4) is 0 Å². The molecule has 0 aromatic carbocycles. The van der Waals surface area contributed by atoms with Crippen LogP contribution in [0.1, 0.15) is 10.4 Å². The normalized spacial score (nSPS) is 10.7. The Morgan fingerprint density at radius 3 is 2.63 bits per heavy atom. The molecule has 0 aliphatic carbocycles. The third-order valence-corrected chi connectivity index (χ3v) is 2.75. The van der Waals surface area contributed by atoms with Gasteiger partial charge in [0.05, 0.1) is 16.6 Å². The molecule has 3 rings (SSSR count). The number of aromatic amines is 2. The number of carboxylic acid groups (broad SMARTS) is 1. The van der Waals surface area contributed by atoms with Gasteiger partial charge in [0.1, 0.15) is 0 Å². The van der Waals surface area contributed by atoms with Crippen LogP contribution in [0.5, 0.6) is 0 Å². The zero-order valence-electron chi connectivity index (χ0n) is 9.54. The molecule has 0 amide bonds. The molecule has 0 atom stereocenters. The second-order valence-electron chi connectivity index (χ2n) is 3.90. The van der Waals surface area contributed by atoms with E-state index < -0.39 is 11.5 Å². The fourth-order valence-corrected chi connectivity index (χ4v) is 1.88. The van der Waals surface area contributed by atoms with Crippen molar-refractivity contribution >= 4 is 17.0 Å². The minimum absolute atomic E-state index is 0.0466. The number of carbonyl (C=O) groups is 1. The molecule has 0 radical (unpaired) electrons. The summed E-state index contributed by atoms with van der Waals surface area (Å²) in [7, 11) is 0. The number of fused-ring (bicyclic) bond motifs is 1. The second kappa shape index (κ2) is 4.05. The van der Waals surface area contributed by atoms with E-state index in [1.54, 1.807) is 24.5 Å². The number of hydrogen-bond donors (Lipinski definition) is 3. The van der Waals surface area contributed by atoms with E-state index in [1.165, 1.54) is 6.07 Å². The van der Waals surface area contributed by atoms with Gasteiger partial charge in [0.15, 0.2) is 5.65 Å². The number of rotatable bonds is 2. The predicted octanol–water partition coefficient (Wildman–Crippen LogP) is 1.01. The summed E-state index contributed by atoms with van der Waals surface area (Å²) in [4.78, 5) is 30.9. The summed E-state index contributed by atoms with van der Waals surface area (Å²) < 4.78 is 0. The lowest BCUT2D eigenvalue weighted by Gasteiger charge is -2.02. The van der Waals surface area contributed by atoms with Crippen LogP contribution in [0.2, 0.25) is 0 Å². The van der Waals surface area contributed by atoms with Crippen molar-refractivity contribution in [3.8, 4) is 11.3 Å². The third-order valence-electron chi connectivity index (χ3n) is 2.75. The minimum Gasteiger partial charge on any atom is -0.478 e. The SMILES string of the molecule is O=C(O)c1cc(-c2ccncc2)nc2[nH][nH]c(=O)c12. The molecule has 0 unspecified atom stereocenters. The van der Waals surface area contributed by atoms with Gasteiger partial charge in [-0.2, -0.15) is 0 Å². The molecule has 3 heterocycles. The molecular weight excluding hydrogens is 248 g/mol. The van der Waals surface area contributed by atoms with E-state index in [9.17, 15) is 14.7 Å². The Labute approximate surface area is 105 Å². The second-order valence-corrected chi connectivity index (χ2v) is 3.90. The van der Waals surface area contributed by atoms with Gasteiger partial charge in [0.2, 0.25) is 0 Å². The van der Waals surface area contributed by atoms with Crippen LogP contribution in [0.25, 0.3) is 22.3 Å². The maximum absolute atomic E-state index is 11.6. The number of H-pyrrole nitrogens is 2. The first-order valence-electron chi connectivity index (χ1n) is 5.42. The molecule has 0 bridgehead atoms. The van der Waals surface area contributed by atoms with Crippen LogP contribution in [0.4, 0.5) is 0 Å². The Balaban J connectivity index is 2.35. The Hall–Kier alpha value is -2.96. The van der Waals surface area contributed by atoms with Gasteiger partial charge in [-0.1, -0.05) is 0 Å². The number of carboxylic acids is 1. The topological polar surface area (TPSA) is 112 Å². The highest BCUT2D eigenvalue weighted by Gasteiger charge is 2.16. The molecule has 0 fully saturated rings. The van der Waals surface area contributed by atoms with Crippen LogP contribution in [-0.2, 0) is 0 Å². The van der Waals surface area contributed by atoms with Crippen molar-refractivity contribution in [2.24, 2.45) is 0 Å². The molecular formula is C12H8N4O3. The number of hydrogen-bond acceptors (Lipinski definition) is 4. The van der Waals surface area contributed by atoms with E-state index in [0.717, 1.165) is 5.56 Å². The van der Waals surface area contributed by atoms with Crippen molar-refractivity contribution in [2.45, 2.75) is 0 Å². The summed E-state index contributed by atoms with van der Waals surface area (Å²) >= 11 is 0. The standard InChI is InChI=1S/C12H8N4O3/c17-11-9-7(12(18)19)5-8(14-10(9)15-16-11)6-1-3-13-4-2-6/h1-5H,(H,18,19)(H2,14,15,16,17). The van der Waals surface area contributed by atoms with Crippen molar-refractivity contribution in [2.75, 3.05) is 0 Å². The summed E-state index contributed by atoms with van der Waals surface area (Å²) in [5.74, 6) is -1.17. The molecule has 0 saturated carbocycles. The van der Waals surface area contributed by atoms with E-state index >= 15 is 0 Å². The predicted molar refractivity (Wildman–Crippen MR) is 66.9 cm³/mol. The van der Waals surface area contributed by atoms with Crippen LogP contribution < -0.4 is 5.56 Å². The number of nitrogens with zero attached hydrogens (tertiary/aromatic N) is 2. The highest BCUT2D eigenvalue weighted by Crippen LogP contribution is 2.21. The average Bonchev–Trinajstić information content (AvgIpc) is 2.80. The fourth-order valence-electron chi connectivity index (χ4n) is 1.88. The summed E-state index contributed by atoms with van der Waals surface area (Å²) in [6.45, 7) is 0. The van der Waals surface area contributed by atoms with E-state index in [1.807, 2.05) is 0 Å². The lowest BCUT2D eigenvalue weighted by molar-refractivity contribution is 0.0699. The molecule has 3 aromatic rings. The third kappa shape index (κ3) is 1.77. The highest BCUT2D eigenvalue weighted by atomic mass is 16.4. The maximum Gasteiger partial charge on any atom is 0.336 e. The lowest BCUT2D eigenvalue weighted by atomic mass is 10.1. The molecule has 0 aliphatic rings. The molecule has 0 spiro atoms. The fraction of sp³-hybridized carbons (Fsp3) is 0. The van der Waals surface area contributed by atoms with Crippen molar-refractivity contribution in [3.63, 3.8) is 0 Å². The van der Waals surface area contributed by atoms with Crippen LogP contribution in [0.15, 0.2) is 35.4 Å². The molecule has 3 aromatic heterocycles. The number of nitrogens with one attached hydrogen (secondary N) is 2. The smallest absolute Gasteiger partial charge is 0.336 e. The molecule has 19 heavy (non-hydrogen) atoms. The van der Waals surface area contributed by atoms with Gasteiger partial charge < -0.3 is 5.11 Å². The van der Waals surface area contributed by atoms with Crippen LogP contribution in [0, 0.1) is 0 Å². The summed E-state index contributed by atoms with van der Waals surface area (Å²) in [5, 5.41) is 14.1. The summed E-state index contributed by atoms with van der Waals surface area (Å²) in [6, 6.07) is 4.80. The molecule has 3 N–H and O–H groups in total. The van der Waals surface area contributed by atoms with E-state index in [2.05, 4.69) is 20.2 Å². The van der Waals surface area contributed by atoms with Gasteiger partial charge in [-0.25, -0.2) is 9.78 Å². The monoisotopic (exact) mass is 256 g/mol. The summed E-state index contributed by atoms with van der Waals surface area (Å²) in [5.41, 5.74) is 0.821. The average molecular weight is 256 g/mol. The molecule has 7 heteroatoms. The molecule has 0 aliphatic heterocycles. The largest absolute Gasteiger partial charge is 0.478 e. The highest BCUT2D eigenvalue weighted by molar-refractivity contribution is 6.02. The van der Waals surface area contributed by atoms with Crippen LogP contribution >= 0.6 is 0 Å². The first-order valence-corrected chi connectivity index (χ1v) is 5.42. The first-order chi connectivity index (χ1) is 9.16. The number of aromatic nitrogens is 4. The minimum atomic E-state index is -1.17. The zero-order valence-corrected chi connectivity index (χ0v) is 9.54. The van der Waals surface area contributed by atoms with E-state index in [-0.39, 0.29) is 16.6 Å². The lowest BCUT2D eigenvalue weighted by Crippen LogP contribution is -2.06. The Morgan fingerprint density at radius 1 is 1.21 bits per heavy atom. The van der Waals surface area contributed by atoms with Crippen molar-refractivity contribution in [1.82, 2.24) is 20.2 Å². The maximum atomic E-state index is 11.6. The Bertz CT molecular complexity index is 820. The van der Waals surface area contributed by atoms with Gasteiger partial charge in [-0.3, -0.25) is 20.0 Å². The Morgan fingerprint density at radius 2 is 1.95 bits per heavy atom. The van der Waals surface area contributed by atoms with E-state index in [4.69, 9.17) is 0 Å². The number of pyridine rings is 2. The van der Waals surface area contributed by atoms with Crippen molar-refractivity contribution < 1.29 is 9.90 Å². The first kappa shape index (κ1) is 11.1. The molecule has 0 saturated heterocycles. The van der Waals surface area contributed by atoms with Gasteiger partial charge in [-0.05, 0) is 18.2 Å². The Kier molecular flexibility index (Phi) is 2.38. The van der Waals surface area contributed by atoms with Crippen molar-refractivity contribution in [3.05, 3.63) is 46.5 Å². The quantitative estimate of drug-likeness (QED) is 0.633. The van der Waals surface area contributed by atoms with Crippen LogP contribution in [-0.4, -0.2) is 31.2 Å². The van der Waals surface area contributed by atoms with Gasteiger partial charge in [0.25, 0.3) is 5.56 Å². The van der Waals surface area contributed by atoms with Gasteiger partial charge in [-0.15, -0.1) is 0 Å². The van der Waals surface area contributed by atoms with E-state index in [0.29, 0.717) is 5.69 Å². The molecule has 94 valence electrons. The van der Waals surface area contributed by atoms with Gasteiger partial charge >= 0.3 is 5.97 Å². The number of aromatic carboxylic acids is 1. The van der Waals surface area contributed by atoms with Crippen molar-refractivity contribution in [1.29, 1.82) is 0 Å². The van der Waals surface area contributed by atoms with Gasteiger partial charge in [0, 0.05) is 18.0 Å². The summed E-state index contributed by atoms with van der Waals surface area (Å²) in [6.07, 6.45) is 3.17.